The van der Waals surface area contributed by atoms with Crippen LogP contribution in [0.4, 0.5) is 11.6 Å². The molecule has 0 aromatic carbocycles. The smallest absolute Gasteiger partial charge is 0.277 e. The van der Waals surface area contributed by atoms with Gasteiger partial charge in [-0.25, -0.2) is 9.97 Å². The van der Waals surface area contributed by atoms with Crippen molar-refractivity contribution in [1.82, 2.24) is 9.97 Å². The summed E-state index contributed by atoms with van der Waals surface area (Å²) in [5.74, 6) is 0.243. The van der Waals surface area contributed by atoms with E-state index in [-0.39, 0.29) is 16.5 Å². The van der Waals surface area contributed by atoms with Gasteiger partial charge in [-0.05, 0) is 31.2 Å². The highest BCUT2D eigenvalue weighted by molar-refractivity contribution is 6.34. The Hall–Kier alpha value is -2.14. The zero-order valence-electron chi connectivity index (χ0n) is 9.64. The van der Waals surface area contributed by atoms with Gasteiger partial charge in [0.15, 0.2) is 0 Å². The third kappa shape index (κ3) is 2.75. The molecule has 2 aromatic rings. The number of nitrogens with zero attached hydrogens (tertiary/aromatic N) is 2. The van der Waals surface area contributed by atoms with Gasteiger partial charge in [-0.2, -0.15) is 0 Å². The number of halogens is 1. The first-order chi connectivity index (χ1) is 8.56. The van der Waals surface area contributed by atoms with E-state index in [0.29, 0.717) is 5.82 Å². The van der Waals surface area contributed by atoms with Crippen molar-refractivity contribution in [2.24, 2.45) is 0 Å². The molecular weight excluding hydrogens is 252 g/mol. The summed E-state index contributed by atoms with van der Waals surface area (Å²) in [7, 11) is 0. The number of nitrogens with one attached hydrogen (secondary N) is 1. The first-order valence-corrected chi connectivity index (χ1v) is 5.61. The summed E-state index contributed by atoms with van der Waals surface area (Å²) in [6.07, 6.45) is 0. The number of rotatable bonds is 2. The molecule has 18 heavy (non-hydrogen) atoms. The van der Waals surface area contributed by atoms with Gasteiger partial charge in [0.25, 0.3) is 5.91 Å². The minimum Gasteiger partial charge on any atom is -0.384 e. The lowest BCUT2D eigenvalue weighted by molar-refractivity contribution is 0.102. The Kier molecular flexibility index (Phi) is 3.43. The fourth-order valence-electron chi connectivity index (χ4n) is 1.40. The van der Waals surface area contributed by atoms with E-state index < -0.39 is 5.91 Å². The number of amides is 1. The maximum atomic E-state index is 11.9. The molecule has 0 aliphatic heterocycles. The van der Waals surface area contributed by atoms with Crippen LogP contribution in [0.1, 0.15) is 16.2 Å². The van der Waals surface area contributed by atoms with Gasteiger partial charge in [0.1, 0.15) is 17.3 Å². The summed E-state index contributed by atoms with van der Waals surface area (Å²) in [5.41, 5.74) is 6.41. The van der Waals surface area contributed by atoms with Crippen LogP contribution >= 0.6 is 11.6 Å². The maximum Gasteiger partial charge on any atom is 0.277 e. The van der Waals surface area contributed by atoms with E-state index >= 15 is 0 Å². The number of hydrogen-bond acceptors (Lipinski definition) is 4. The highest BCUT2D eigenvalue weighted by atomic mass is 35.5. The molecule has 2 rings (SSSR count). The molecule has 0 spiro atoms. The average molecular weight is 263 g/mol. The predicted octanol–water partition coefficient (Wildman–Crippen LogP) is 2.27. The molecule has 0 aliphatic carbocycles. The summed E-state index contributed by atoms with van der Waals surface area (Å²) >= 11 is 5.89. The summed E-state index contributed by atoms with van der Waals surface area (Å²) in [4.78, 5) is 20.0. The van der Waals surface area contributed by atoms with Crippen molar-refractivity contribution in [3.63, 3.8) is 0 Å². The molecule has 0 bridgehead atoms. The molecule has 6 heteroatoms. The number of carbonyl (C=O) groups excluding carboxylic acids is 1. The number of carbonyl (C=O) groups is 1. The van der Waals surface area contributed by atoms with Gasteiger partial charge in [-0.1, -0.05) is 17.7 Å². The van der Waals surface area contributed by atoms with Crippen molar-refractivity contribution in [3.05, 3.63) is 46.7 Å². The summed E-state index contributed by atoms with van der Waals surface area (Å²) in [6.45, 7) is 1.83. The highest BCUT2D eigenvalue weighted by Gasteiger charge is 2.13. The molecule has 0 radical (unpaired) electrons. The van der Waals surface area contributed by atoms with Crippen LogP contribution in [-0.2, 0) is 0 Å². The third-order valence-electron chi connectivity index (χ3n) is 2.21. The number of nitrogens with two attached hydrogens (primary N) is 1. The highest BCUT2D eigenvalue weighted by Crippen LogP contribution is 2.16. The zero-order chi connectivity index (χ0) is 13.1. The Morgan fingerprint density at radius 2 is 2.06 bits per heavy atom. The monoisotopic (exact) mass is 262 g/mol. The van der Waals surface area contributed by atoms with Crippen LogP contribution in [-0.4, -0.2) is 15.9 Å². The van der Waals surface area contributed by atoms with Crippen molar-refractivity contribution in [2.45, 2.75) is 6.92 Å². The minimum absolute atomic E-state index is 0.0833. The fourth-order valence-corrected chi connectivity index (χ4v) is 1.60. The molecule has 0 atom stereocenters. The van der Waals surface area contributed by atoms with Crippen molar-refractivity contribution in [2.75, 3.05) is 11.1 Å². The predicted molar refractivity (Wildman–Crippen MR) is 70.6 cm³/mol. The number of pyridine rings is 2. The Morgan fingerprint density at radius 1 is 1.28 bits per heavy atom. The van der Waals surface area contributed by atoms with Gasteiger partial charge in [0.05, 0.1) is 5.02 Å². The molecule has 2 heterocycles. The number of anilines is 2. The van der Waals surface area contributed by atoms with E-state index in [1.54, 1.807) is 12.1 Å². The van der Waals surface area contributed by atoms with E-state index in [9.17, 15) is 4.79 Å². The van der Waals surface area contributed by atoms with Crippen LogP contribution in [0.15, 0.2) is 30.3 Å². The second kappa shape index (κ2) is 5.01. The Morgan fingerprint density at radius 3 is 2.78 bits per heavy atom. The summed E-state index contributed by atoms with van der Waals surface area (Å²) in [5, 5.41) is 2.86. The molecule has 0 fully saturated rings. The van der Waals surface area contributed by atoms with Gasteiger partial charge in [0.2, 0.25) is 0 Å². The SMILES string of the molecule is Cc1cccc(NC(=O)c2nc(N)ccc2Cl)n1. The molecule has 1 amide bonds. The number of aryl methyl sites for hydroxylation is 1. The van der Waals surface area contributed by atoms with E-state index in [0.717, 1.165) is 5.69 Å². The lowest BCUT2D eigenvalue weighted by atomic mass is 10.3. The molecule has 92 valence electrons. The van der Waals surface area contributed by atoms with Crippen LogP contribution in [0.5, 0.6) is 0 Å². The van der Waals surface area contributed by atoms with Gasteiger partial charge < -0.3 is 11.1 Å². The Labute approximate surface area is 109 Å². The molecule has 0 saturated carbocycles. The summed E-state index contributed by atoms with van der Waals surface area (Å²) in [6, 6.07) is 8.38. The standard InChI is InChI=1S/C12H11ClN4O/c1-7-3-2-4-10(15-7)17-12(18)11-8(13)5-6-9(14)16-11/h2-6H,1H3,(H2,14,16)(H,15,17,18). The summed E-state index contributed by atoms with van der Waals surface area (Å²) < 4.78 is 0. The number of aromatic nitrogens is 2. The van der Waals surface area contributed by atoms with Crippen molar-refractivity contribution < 1.29 is 4.79 Å². The Balaban J connectivity index is 2.24. The first-order valence-electron chi connectivity index (χ1n) is 5.23. The van der Waals surface area contributed by atoms with Crippen molar-refractivity contribution in [1.29, 1.82) is 0 Å². The van der Waals surface area contributed by atoms with Crippen LogP contribution in [0.3, 0.4) is 0 Å². The van der Waals surface area contributed by atoms with E-state index in [2.05, 4.69) is 15.3 Å². The molecule has 0 unspecified atom stereocenters. The van der Waals surface area contributed by atoms with E-state index in [1.165, 1.54) is 12.1 Å². The van der Waals surface area contributed by atoms with Gasteiger partial charge in [-0.3, -0.25) is 4.79 Å². The second-order valence-corrected chi connectivity index (χ2v) is 4.09. The van der Waals surface area contributed by atoms with Crippen molar-refractivity contribution >= 4 is 29.1 Å². The number of nitrogen functional groups attached to an aromatic ring is 1. The van der Waals surface area contributed by atoms with Crippen LogP contribution < -0.4 is 11.1 Å². The lowest BCUT2D eigenvalue weighted by Gasteiger charge is -2.06. The average Bonchev–Trinajstić information content (AvgIpc) is 2.32. The van der Waals surface area contributed by atoms with Crippen LogP contribution in [0.25, 0.3) is 0 Å². The topological polar surface area (TPSA) is 80.9 Å². The number of hydrogen-bond donors (Lipinski definition) is 2. The van der Waals surface area contributed by atoms with Crippen molar-refractivity contribution in [3.8, 4) is 0 Å². The molecule has 2 aromatic heterocycles. The largest absolute Gasteiger partial charge is 0.384 e. The van der Waals surface area contributed by atoms with Gasteiger partial charge >= 0.3 is 0 Å². The Bertz CT molecular complexity index is 600. The molecule has 0 saturated heterocycles. The first kappa shape index (κ1) is 12.3. The van der Waals surface area contributed by atoms with Crippen LogP contribution in [0.2, 0.25) is 5.02 Å². The zero-order valence-corrected chi connectivity index (χ0v) is 10.4. The third-order valence-corrected chi connectivity index (χ3v) is 2.52. The van der Waals surface area contributed by atoms with E-state index in [4.69, 9.17) is 17.3 Å². The molecular formula is C12H11ClN4O. The lowest BCUT2D eigenvalue weighted by Crippen LogP contribution is -2.16. The van der Waals surface area contributed by atoms with Gasteiger partial charge in [-0.15, -0.1) is 0 Å². The van der Waals surface area contributed by atoms with Crippen LogP contribution in [0, 0.1) is 6.92 Å². The van der Waals surface area contributed by atoms with Gasteiger partial charge in [0, 0.05) is 5.69 Å². The quantitative estimate of drug-likeness (QED) is 0.870. The normalized spacial score (nSPS) is 10.1. The molecule has 3 N–H and O–H groups in total. The molecule has 5 nitrogen and oxygen atoms in total. The fraction of sp³-hybridized carbons (Fsp3) is 0.0833. The molecule has 0 aliphatic rings. The maximum absolute atomic E-state index is 11.9. The minimum atomic E-state index is -0.439. The second-order valence-electron chi connectivity index (χ2n) is 3.68. The van der Waals surface area contributed by atoms with E-state index in [1.807, 2.05) is 13.0 Å².